The average Bonchev–Trinajstić information content (AvgIpc) is 2.43. The van der Waals surface area contributed by atoms with E-state index in [1.54, 1.807) is 0 Å². The number of hydrogen-bond acceptors (Lipinski definition) is 0. The van der Waals surface area contributed by atoms with Crippen molar-refractivity contribution in [3.8, 4) is 0 Å². The van der Waals surface area contributed by atoms with Crippen LogP contribution in [0.5, 0.6) is 0 Å². The van der Waals surface area contributed by atoms with Gasteiger partial charge in [-0.1, -0.05) is 83.3 Å². The largest absolute Gasteiger partial charge is 0.127 e. The van der Waals surface area contributed by atoms with Crippen molar-refractivity contribution < 1.29 is 0 Å². The predicted octanol–water partition coefficient (Wildman–Crippen LogP) is 7.26. The molecule has 114 valence electrons. The zero-order valence-corrected chi connectivity index (χ0v) is 13.9. The van der Waals surface area contributed by atoms with E-state index in [1.807, 2.05) is 0 Å². The number of halogens is 1. The molecule has 0 aromatic heterocycles. The summed E-state index contributed by atoms with van der Waals surface area (Å²) >= 11 is 5.63. The number of hydrogen-bond donors (Lipinski definition) is 0. The summed E-state index contributed by atoms with van der Waals surface area (Å²) < 4.78 is 0. The van der Waals surface area contributed by atoms with Gasteiger partial charge in [-0.2, -0.15) is 0 Å². The second-order valence-corrected chi connectivity index (χ2v) is 6.00. The highest BCUT2D eigenvalue weighted by Crippen LogP contribution is 2.12. The number of unbranched alkanes of at least 4 members (excludes halogenated alkanes) is 12. The minimum Gasteiger partial charge on any atom is -0.127 e. The highest BCUT2D eigenvalue weighted by molar-refractivity contribution is 6.17. The number of rotatable bonds is 15. The van der Waals surface area contributed by atoms with Crippen molar-refractivity contribution in [3.63, 3.8) is 0 Å². The van der Waals surface area contributed by atoms with Crippen molar-refractivity contribution in [3.05, 3.63) is 12.2 Å². The maximum Gasteiger partial charge on any atom is 0.0226 e. The first-order valence-electron chi connectivity index (χ1n) is 8.62. The molecule has 0 nitrogen and oxygen atoms in total. The zero-order valence-electron chi connectivity index (χ0n) is 13.1. The Morgan fingerprint density at radius 3 is 1.47 bits per heavy atom. The third kappa shape index (κ3) is 18.0. The van der Waals surface area contributed by atoms with E-state index in [2.05, 4.69) is 19.1 Å². The van der Waals surface area contributed by atoms with Crippen molar-refractivity contribution in [2.45, 2.75) is 96.8 Å². The molecule has 0 bridgehead atoms. The minimum absolute atomic E-state index is 0.794. The normalized spacial score (nSPS) is 11.5. The second kappa shape index (κ2) is 18.0. The van der Waals surface area contributed by atoms with Gasteiger partial charge in [0.1, 0.15) is 0 Å². The van der Waals surface area contributed by atoms with Crippen LogP contribution in [0.4, 0.5) is 0 Å². The molecule has 0 aromatic carbocycles. The lowest BCUT2D eigenvalue weighted by Gasteiger charge is -2.01. The molecular formula is C18H35Cl. The topological polar surface area (TPSA) is 0 Å². The third-order valence-corrected chi connectivity index (χ3v) is 3.91. The van der Waals surface area contributed by atoms with Crippen LogP contribution in [-0.4, -0.2) is 5.88 Å². The SMILES string of the molecule is CCCCCCCCCCCCCC=CCCCCl. The summed E-state index contributed by atoms with van der Waals surface area (Å²) in [5.74, 6) is 0.794. The van der Waals surface area contributed by atoms with E-state index in [0.29, 0.717) is 0 Å². The van der Waals surface area contributed by atoms with Crippen LogP contribution < -0.4 is 0 Å². The Bertz CT molecular complexity index is 175. The molecule has 0 unspecified atom stereocenters. The van der Waals surface area contributed by atoms with Crippen molar-refractivity contribution in [1.29, 1.82) is 0 Å². The molecule has 0 heterocycles. The Balaban J connectivity index is 2.97. The average molecular weight is 287 g/mol. The summed E-state index contributed by atoms with van der Waals surface area (Å²) in [6.07, 6.45) is 23.9. The van der Waals surface area contributed by atoms with Gasteiger partial charge in [0.05, 0.1) is 0 Å². The van der Waals surface area contributed by atoms with Gasteiger partial charge < -0.3 is 0 Å². The third-order valence-electron chi connectivity index (χ3n) is 3.65. The summed E-state index contributed by atoms with van der Waals surface area (Å²) in [6, 6.07) is 0. The van der Waals surface area contributed by atoms with Crippen LogP contribution in [0.15, 0.2) is 12.2 Å². The van der Waals surface area contributed by atoms with E-state index in [0.717, 1.165) is 18.7 Å². The number of alkyl halides is 1. The number of allylic oxidation sites excluding steroid dienone is 2. The molecule has 0 aliphatic rings. The Labute approximate surface area is 127 Å². The fourth-order valence-corrected chi connectivity index (χ4v) is 2.51. The van der Waals surface area contributed by atoms with Gasteiger partial charge in [0.25, 0.3) is 0 Å². The Morgan fingerprint density at radius 1 is 0.579 bits per heavy atom. The van der Waals surface area contributed by atoms with E-state index in [9.17, 15) is 0 Å². The minimum atomic E-state index is 0.794. The fraction of sp³-hybridized carbons (Fsp3) is 0.889. The van der Waals surface area contributed by atoms with Gasteiger partial charge in [-0.15, -0.1) is 11.6 Å². The maximum atomic E-state index is 5.63. The van der Waals surface area contributed by atoms with Crippen molar-refractivity contribution in [2.24, 2.45) is 0 Å². The van der Waals surface area contributed by atoms with Gasteiger partial charge in [0, 0.05) is 5.88 Å². The highest BCUT2D eigenvalue weighted by Gasteiger charge is 1.92. The van der Waals surface area contributed by atoms with Gasteiger partial charge in [0.15, 0.2) is 0 Å². The van der Waals surface area contributed by atoms with Crippen LogP contribution in [0.25, 0.3) is 0 Å². The lowest BCUT2D eigenvalue weighted by atomic mass is 10.1. The van der Waals surface area contributed by atoms with Crippen molar-refractivity contribution in [1.82, 2.24) is 0 Å². The van der Waals surface area contributed by atoms with E-state index < -0.39 is 0 Å². The van der Waals surface area contributed by atoms with Crippen molar-refractivity contribution in [2.75, 3.05) is 5.88 Å². The van der Waals surface area contributed by atoms with Gasteiger partial charge in [-0.3, -0.25) is 0 Å². The van der Waals surface area contributed by atoms with Crippen LogP contribution in [0.3, 0.4) is 0 Å². The van der Waals surface area contributed by atoms with E-state index in [4.69, 9.17) is 11.6 Å². The van der Waals surface area contributed by atoms with E-state index in [1.165, 1.54) is 77.0 Å². The molecule has 0 atom stereocenters. The molecule has 0 N–H and O–H groups in total. The smallest absolute Gasteiger partial charge is 0.0226 e. The summed E-state index contributed by atoms with van der Waals surface area (Å²) in [5, 5.41) is 0. The summed E-state index contributed by atoms with van der Waals surface area (Å²) in [6.45, 7) is 2.28. The molecule has 19 heavy (non-hydrogen) atoms. The van der Waals surface area contributed by atoms with Crippen LogP contribution in [0.2, 0.25) is 0 Å². The molecule has 0 fully saturated rings. The molecule has 0 aliphatic carbocycles. The fourth-order valence-electron chi connectivity index (χ4n) is 2.36. The lowest BCUT2D eigenvalue weighted by molar-refractivity contribution is 0.550. The molecule has 0 saturated carbocycles. The Morgan fingerprint density at radius 2 is 1.00 bits per heavy atom. The monoisotopic (exact) mass is 286 g/mol. The Hall–Kier alpha value is 0.0300. The predicted molar refractivity (Wildman–Crippen MR) is 90.2 cm³/mol. The van der Waals surface area contributed by atoms with E-state index in [-0.39, 0.29) is 0 Å². The van der Waals surface area contributed by atoms with Crippen LogP contribution in [0.1, 0.15) is 96.8 Å². The van der Waals surface area contributed by atoms with Crippen LogP contribution >= 0.6 is 11.6 Å². The second-order valence-electron chi connectivity index (χ2n) is 5.63. The molecule has 0 aromatic rings. The lowest BCUT2D eigenvalue weighted by Crippen LogP contribution is -1.82. The van der Waals surface area contributed by atoms with Gasteiger partial charge in [-0.25, -0.2) is 0 Å². The van der Waals surface area contributed by atoms with Crippen molar-refractivity contribution >= 4 is 11.6 Å². The molecule has 0 radical (unpaired) electrons. The first kappa shape index (κ1) is 19.0. The zero-order chi connectivity index (χ0) is 14.0. The standard InChI is InChI=1S/C18H35Cl/c1-2-3-4-5-6-7-8-9-10-11-12-13-14-15-16-17-18-19/h14-15H,2-13,16-18H2,1H3. The van der Waals surface area contributed by atoms with Crippen LogP contribution in [0, 0.1) is 0 Å². The quantitative estimate of drug-likeness (QED) is 0.169. The molecule has 0 saturated heterocycles. The molecule has 1 heteroatoms. The maximum absolute atomic E-state index is 5.63. The Kier molecular flexibility index (Phi) is 18.1. The molecule has 0 spiro atoms. The van der Waals surface area contributed by atoms with Crippen LogP contribution in [-0.2, 0) is 0 Å². The molecular weight excluding hydrogens is 252 g/mol. The van der Waals surface area contributed by atoms with Gasteiger partial charge in [0.2, 0.25) is 0 Å². The molecule has 0 rings (SSSR count). The summed E-state index contributed by atoms with van der Waals surface area (Å²) in [5.41, 5.74) is 0. The first-order valence-corrected chi connectivity index (χ1v) is 9.16. The van der Waals surface area contributed by atoms with E-state index >= 15 is 0 Å². The van der Waals surface area contributed by atoms with Gasteiger partial charge in [-0.05, 0) is 25.7 Å². The molecule has 0 aliphatic heterocycles. The summed E-state index contributed by atoms with van der Waals surface area (Å²) in [7, 11) is 0. The highest BCUT2D eigenvalue weighted by atomic mass is 35.5. The molecule has 0 amide bonds. The summed E-state index contributed by atoms with van der Waals surface area (Å²) in [4.78, 5) is 0. The van der Waals surface area contributed by atoms with Gasteiger partial charge >= 0.3 is 0 Å². The first-order chi connectivity index (χ1) is 9.41.